The molecule has 0 amide bonds. The molecule has 0 radical (unpaired) electrons. The van der Waals surface area contributed by atoms with Crippen LogP contribution in [0.4, 0.5) is 5.69 Å². The minimum Gasteiger partial charge on any atom is -0.397 e. The molecule has 1 aliphatic heterocycles. The van der Waals surface area contributed by atoms with Crippen molar-refractivity contribution in [1.29, 1.82) is 0 Å². The summed E-state index contributed by atoms with van der Waals surface area (Å²) in [5, 5.41) is 0. The third kappa shape index (κ3) is 3.09. The van der Waals surface area contributed by atoms with Crippen LogP contribution in [0.25, 0.3) is 0 Å². The quantitative estimate of drug-likeness (QED) is 0.792. The largest absolute Gasteiger partial charge is 0.397 e. The van der Waals surface area contributed by atoms with Crippen molar-refractivity contribution in [2.45, 2.75) is 17.4 Å². The van der Waals surface area contributed by atoms with Crippen LogP contribution in [0.2, 0.25) is 0 Å². The molecule has 0 spiro atoms. The molecule has 1 saturated heterocycles. The third-order valence-corrected chi connectivity index (χ3v) is 3.43. The zero-order chi connectivity index (χ0) is 10.5. The van der Waals surface area contributed by atoms with Crippen molar-refractivity contribution in [1.82, 2.24) is 4.98 Å². The first-order valence-corrected chi connectivity index (χ1v) is 5.86. The van der Waals surface area contributed by atoms with Gasteiger partial charge in [-0.3, -0.25) is 4.98 Å². The maximum Gasteiger partial charge on any atom is 0.147 e. The van der Waals surface area contributed by atoms with Gasteiger partial charge >= 0.3 is 0 Å². The van der Waals surface area contributed by atoms with Crippen LogP contribution in [0.1, 0.15) is 6.42 Å². The summed E-state index contributed by atoms with van der Waals surface area (Å²) in [5.41, 5.74) is 6.52. The molecule has 0 bridgehead atoms. The second-order valence-corrected chi connectivity index (χ2v) is 4.39. The lowest BCUT2D eigenvalue weighted by atomic mass is 10.3. The second-order valence-electron chi connectivity index (χ2n) is 3.33. The predicted molar refractivity (Wildman–Crippen MR) is 59.7 cm³/mol. The van der Waals surface area contributed by atoms with Gasteiger partial charge in [0.1, 0.15) is 6.79 Å². The lowest BCUT2D eigenvalue weighted by Crippen LogP contribution is -2.25. The van der Waals surface area contributed by atoms with Crippen molar-refractivity contribution < 1.29 is 9.47 Å². The van der Waals surface area contributed by atoms with Crippen LogP contribution in [-0.4, -0.2) is 30.2 Å². The first-order chi connectivity index (χ1) is 7.36. The molecule has 1 fully saturated rings. The number of nitrogens with zero attached hydrogens (tertiary/aromatic N) is 1. The zero-order valence-electron chi connectivity index (χ0n) is 8.39. The van der Waals surface area contributed by atoms with Crippen molar-refractivity contribution in [3.05, 3.63) is 18.5 Å². The first-order valence-electron chi connectivity index (χ1n) is 4.88. The van der Waals surface area contributed by atoms with Gasteiger partial charge < -0.3 is 15.2 Å². The smallest absolute Gasteiger partial charge is 0.147 e. The Hall–Kier alpha value is -0.780. The van der Waals surface area contributed by atoms with E-state index in [1.54, 1.807) is 24.2 Å². The van der Waals surface area contributed by atoms with Crippen LogP contribution < -0.4 is 5.73 Å². The Morgan fingerprint density at radius 1 is 1.60 bits per heavy atom. The standard InChI is InChI=1S/C10H14N2O2S/c11-9-5-12-3-1-10(9)15-6-8-2-4-13-7-14-8/h1,3,5,8H,2,4,6-7,11H2. The van der Waals surface area contributed by atoms with Crippen molar-refractivity contribution in [2.24, 2.45) is 0 Å². The summed E-state index contributed by atoms with van der Waals surface area (Å²) in [5.74, 6) is 0.914. The molecule has 4 nitrogen and oxygen atoms in total. The maximum absolute atomic E-state index is 5.79. The Kier molecular flexibility index (Phi) is 3.82. The molecule has 1 aliphatic rings. The van der Waals surface area contributed by atoms with E-state index in [2.05, 4.69) is 4.98 Å². The monoisotopic (exact) mass is 226 g/mol. The number of hydrogen-bond acceptors (Lipinski definition) is 5. The lowest BCUT2D eigenvalue weighted by Gasteiger charge is -2.22. The Morgan fingerprint density at radius 2 is 2.53 bits per heavy atom. The average Bonchev–Trinajstić information content (AvgIpc) is 2.29. The maximum atomic E-state index is 5.79. The van der Waals surface area contributed by atoms with Crippen LogP contribution in [0.3, 0.4) is 0 Å². The zero-order valence-corrected chi connectivity index (χ0v) is 9.20. The second kappa shape index (κ2) is 5.34. The number of aromatic nitrogens is 1. The van der Waals surface area contributed by atoms with Gasteiger partial charge in [0.25, 0.3) is 0 Å². The Labute approximate surface area is 93.2 Å². The minimum absolute atomic E-state index is 0.274. The van der Waals surface area contributed by atoms with Crippen molar-refractivity contribution >= 4 is 17.4 Å². The molecule has 0 aliphatic carbocycles. The number of ether oxygens (including phenoxy) is 2. The van der Waals surface area contributed by atoms with E-state index < -0.39 is 0 Å². The van der Waals surface area contributed by atoms with Crippen LogP contribution in [0, 0.1) is 0 Å². The topological polar surface area (TPSA) is 57.4 Å². The van der Waals surface area contributed by atoms with Gasteiger partial charge in [0.05, 0.1) is 24.6 Å². The Balaban J connectivity index is 1.84. The molecule has 15 heavy (non-hydrogen) atoms. The highest BCUT2D eigenvalue weighted by Gasteiger charge is 2.14. The Bertz CT molecular complexity index is 316. The fourth-order valence-corrected chi connectivity index (χ4v) is 2.35. The number of rotatable bonds is 3. The molecule has 2 heterocycles. The minimum atomic E-state index is 0.274. The van der Waals surface area contributed by atoms with E-state index in [9.17, 15) is 0 Å². The van der Waals surface area contributed by atoms with Gasteiger partial charge in [-0.15, -0.1) is 11.8 Å². The molecular formula is C10H14N2O2S. The average molecular weight is 226 g/mol. The molecule has 5 heteroatoms. The van der Waals surface area contributed by atoms with Gasteiger partial charge in [0.2, 0.25) is 0 Å². The highest BCUT2D eigenvalue weighted by molar-refractivity contribution is 7.99. The summed E-state index contributed by atoms with van der Waals surface area (Å²) in [7, 11) is 0. The van der Waals surface area contributed by atoms with Crippen LogP contribution in [-0.2, 0) is 9.47 Å². The summed E-state index contributed by atoms with van der Waals surface area (Å²) in [6.45, 7) is 1.20. The molecule has 1 aromatic heterocycles. The van der Waals surface area contributed by atoms with Gasteiger partial charge in [-0.2, -0.15) is 0 Å². The molecule has 0 saturated carbocycles. The van der Waals surface area contributed by atoms with Crippen molar-refractivity contribution in [2.75, 3.05) is 24.9 Å². The van der Waals surface area contributed by atoms with Crippen molar-refractivity contribution in [3.63, 3.8) is 0 Å². The SMILES string of the molecule is Nc1cnccc1SCC1CCOCO1. The van der Waals surface area contributed by atoms with E-state index >= 15 is 0 Å². The predicted octanol–water partition coefficient (Wildman–Crippen LogP) is 1.52. The van der Waals surface area contributed by atoms with E-state index in [-0.39, 0.29) is 6.10 Å². The summed E-state index contributed by atoms with van der Waals surface area (Å²) in [6.07, 6.45) is 4.66. The molecule has 1 atom stereocenters. The van der Waals surface area contributed by atoms with E-state index in [1.165, 1.54) is 0 Å². The summed E-state index contributed by atoms with van der Waals surface area (Å²) in [6, 6.07) is 1.93. The van der Waals surface area contributed by atoms with E-state index in [1.807, 2.05) is 6.07 Å². The van der Waals surface area contributed by atoms with E-state index in [4.69, 9.17) is 15.2 Å². The number of anilines is 1. The summed E-state index contributed by atoms with van der Waals surface area (Å²) in [4.78, 5) is 5.02. The molecule has 1 aromatic rings. The van der Waals surface area contributed by atoms with Crippen LogP contribution in [0.15, 0.2) is 23.4 Å². The molecule has 0 aromatic carbocycles. The highest BCUT2D eigenvalue weighted by Crippen LogP contribution is 2.25. The van der Waals surface area contributed by atoms with E-state index in [0.29, 0.717) is 6.79 Å². The highest BCUT2D eigenvalue weighted by atomic mass is 32.2. The number of hydrogen-bond donors (Lipinski definition) is 1. The van der Waals surface area contributed by atoms with Gasteiger partial charge in [0, 0.05) is 16.8 Å². The van der Waals surface area contributed by atoms with Gasteiger partial charge in [-0.25, -0.2) is 0 Å². The normalized spacial score (nSPS) is 21.5. The van der Waals surface area contributed by atoms with Crippen molar-refractivity contribution in [3.8, 4) is 0 Å². The number of thioether (sulfide) groups is 1. The number of pyridine rings is 1. The number of nitrogens with two attached hydrogens (primary N) is 1. The fourth-order valence-electron chi connectivity index (χ4n) is 1.34. The lowest BCUT2D eigenvalue weighted by molar-refractivity contribution is -0.130. The molecule has 2 N–H and O–H groups in total. The summed E-state index contributed by atoms with van der Waals surface area (Å²) >= 11 is 1.71. The molecule has 1 unspecified atom stereocenters. The van der Waals surface area contributed by atoms with Gasteiger partial charge in [0.15, 0.2) is 0 Å². The molecular weight excluding hydrogens is 212 g/mol. The Morgan fingerprint density at radius 3 is 3.27 bits per heavy atom. The summed E-state index contributed by atoms with van der Waals surface area (Å²) < 4.78 is 10.5. The first kappa shape index (κ1) is 10.7. The van der Waals surface area contributed by atoms with Crippen LogP contribution >= 0.6 is 11.8 Å². The number of nitrogen functional groups attached to an aromatic ring is 1. The van der Waals surface area contributed by atoms with Gasteiger partial charge in [-0.1, -0.05) is 0 Å². The van der Waals surface area contributed by atoms with Crippen LogP contribution in [0.5, 0.6) is 0 Å². The van der Waals surface area contributed by atoms with Gasteiger partial charge in [-0.05, 0) is 12.5 Å². The fraction of sp³-hybridized carbons (Fsp3) is 0.500. The third-order valence-electron chi connectivity index (χ3n) is 2.21. The molecule has 2 rings (SSSR count). The van der Waals surface area contributed by atoms with E-state index in [0.717, 1.165) is 29.4 Å². The molecule has 82 valence electrons.